The van der Waals surface area contributed by atoms with Gasteiger partial charge in [-0.15, -0.1) is 0 Å². The number of Topliss-reactive ketones (excluding diaryl/α,β-unsaturated/α-hetero) is 1. The Morgan fingerprint density at radius 2 is 2.00 bits per heavy atom. The second kappa shape index (κ2) is 7.39. The fourth-order valence-corrected chi connectivity index (χ4v) is 2.06. The zero-order valence-electron chi connectivity index (χ0n) is 12.9. The van der Waals surface area contributed by atoms with Gasteiger partial charge in [-0.2, -0.15) is 0 Å². The van der Waals surface area contributed by atoms with E-state index >= 15 is 0 Å². The van der Waals surface area contributed by atoms with Crippen LogP contribution in [0.2, 0.25) is 0 Å². The number of hydrogen-bond donors (Lipinski definition) is 0. The van der Waals surface area contributed by atoms with Crippen molar-refractivity contribution in [2.45, 2.75) is 33.2 Å². The second-order valence-corrected chi connectivity index (χ2v) is 5.46. The highest BCUT2D eigenvalue weighted by molar-refractivity contribution is 5.99. The Morgan fingerprint density at radius 3 is 2.55 bits per heavy atom. The van der Waals surface area contributed by atoms with Crippen LogP contribution >= 0.6 is 0 Å². The number of nitrogens with zero attached hydrogens (tertiary/aromatic N) is 1. The summed E-state index contributed by atoms with van der Waals surface area (Å²) in [5, 5.41) is 0. The van der Waals surface area contributed by atoms with E-state index in [9.17, 15) is 9.18 Å². The third-order valence-electron chi connectivity index (χ3n) is 3.83. The molecule has 3 nitrogen and oxygen atoms in total. The second-order valence-electron chi connectivity index (χ2n) is 5.46. The van der Waals surface area contributed by atoms with E-state index in [0.29, 0.717) is 24.3 Å². The largest absolute Gasteiger partial charge is 0.496 e. The number of benzene rings is 1. The lowest BCUT2D eigenvalue weighted by Crippen LogP contribution is -2.34. The summed E-state index contributed by atoms with van der Waals surface area (Å²) in [5.74, 6) is 0.0735. The number of methoxy groups -OCH3 is 1. The molecule has 20 heavy (non-hydrogen) atoms. The van der Waals surface area contributed by atoms with Crippen LogP contribution in [-0.4, -0.2) is 37.4 Å². The van der Waals surface area contributed by atoms with E-state index in [1.807, 2.05) is 7.05 Å². The van der Waals surface area contributed by atoms with Crippen molar-refractivity contribution in [1.29, 1.82) is 0 Å². The first kappa shape index (κ1) is 16.6. The molecule has 112 valence electrons. The summed E-state index contributed by atoms with van der Waals surface area (Å²) in [6.07, 6.45) is 0.283. The Morgan fingerprint density at radius 1 is 1.35 bits per heavy atom. The summed E-state index contributed by atoms with van der Waals surface area (Å²) in [6, 6.07) is 4.82. The molecular weight excluding hydrogens is 257 g/mol. The first-order valence-electron chi connectivity index (χ1n) is 6.94. The summed E-state index contributed by atoms with van der Waals surface area (Å²) >= 11 is 0. The van der Waals surface area contributed by atoms with Gasteiger partial charge in [0, 0.05) is 19.0 Å². The molecule has 0 spiro atoms. The van der Waals surface area contributed by atoms with Crippen molar-refractivity contribution < 1.29 is 13.9 Å². The Hall–Kier alpha value is -1.42. The molecule has 4 heteroatoms. The molecule has 0 heterocycles. The van der Waals surface area contributed by atoms with Crippen molar-refractivity contribution in [1.82, 2.24) is 4.90 Å². The third-order valence-corrected chi connectivity index (χ3v) is 3.83. The first-order chi connectivity index (χ1) is 9.38. The molecule has 1 rings (SSSR count). The van der Waals surface area contributed by atoms with E-state index in [1.54, 1.807) is 6.07 Å². The maximum absolute atomic E-state index is 13.8. The number of ketones is 1. The number of carbonyl (C=O) groups excluding carboxylic acids is 1. The molecule has 0 saturated carbocycles. The SMILES string of the molecule is COc1cccc(F)c1C(=O)CCN(C)C(C)C(C)C. The average molecular weight is 281 g/mol. The maximum Gasteiger partial charge on any atom is 0.170 e. The fourth-order valence-electron chi connectivity index (χ4n) is 2.06. The monoisotopic (exact) mass is 281 g/mol. The summed E-state index contributed by atoms with van der Waals surface area (Å²) in [5.41, 5.74) is 0.0561. The normalized spacial score (nSPS) is 12.8. The molecule has 0 aliphatic heterocycles. The molecule has 0 amide bonds. The highest BCUT2D eigenvalue weighted by atomic mass is 19.1. The van der Waals surface area contributed by atoms with Crippen molar-refractivity contribution in [3.05, 3.63) is 29.6 Å². The highest BCUT2D eigenvalue weighted by Gasteiger charge is 2.19. The molecule has 1 aromatic carbocycles. The zero-order chi connectivity index (χ0) is 15.3. The van der Waals surface area contributed by atoms with Gasteiger partial charge in [-0.25, -0.2) is 4.39 Å². The summed E-state index contributed by atoms with van der Waals surface area (Å²) < 4.78 is 18.8. The van der Waals surface area contributed by atoms with Crippen LogP contribution in [0.25, 0.3) is 0 Å². The lowest BCUT2D eigenvalue weighted by atomic mass is 10.0. The molecule has 0 aliphatic rings. The molecule has 1 atom stereocenters. The minimum Gasteiger partial charge on any atom is -0.496 e. The predicted molar refractivity (Wildman–Crippen MR) is 78.8 cm³/mol. The molecule has 0 bridgehead atoms. The predicted octanol–water partition coefficient (Wildman–Crippen LogP) is 3.38. The van der Waals surface area contributed by atoms with Gasteiger partial charge >= 0.3 is 0 Å². The van der Waals surface area contributed by atoms with Gasteiger partial charge in [-0.3, -0.25) is 4.79 Å². The van der Waals surface area contributed by atoms with E-state index in [-0.39, 0.29) is 17.8 Å². The highest BCUT2D eigenvalue weighted by Crippen LogP contribution is 2.23. The Balaban J connectivity index is 2.73. The quantitative estimate of drug-likeness (QED) is 0.718. The van der Waals surface area contributed by atoms with Gasteiger partial charge in [-0.1, -0.05) is 19.9 Å². The van der Waals surface area contributed by atoms with E-state index in [0.717, 1.165) is 0 Å². The Labute approximate surface area is 120 Å². The smallest absolute Gasteiger partial charge is 0.170 e. The van der Waals surface area contributed by atoms with Crippen LogP contribution < -0.4 is 4.74 Å². The molecule has 1 unspecified atom stereocenters. The van der Waals surface area contributed by atoms with Crippen LogP contribution in [0.5, 0.6) is 5.75 Å². The van der Waals surface area contributed by atoms with Crippen LogP contribution in [0.3, 0.4) is 0 Å². The molecule has 0 aromatic heterocycles. The van der Waals surface area contributed by atoms with E-state index in [1.165, 1.54) is 19.2 Å². The zero-order valence-corrected chi connectivity index (χ0v) is 12.9. The van der Waals surface area contributed by atoms with Crippen LogP contribution in [0, 0.1) is 11.7 Å². The van der Waals surface area contributed by atoms with Gasteiger partial charge in [0.2, 0.25) is 0 Å². The van der Waals surface area contributed by atoms with Gasteiger partial charge < -0.3 is 9.64 Å². The summed E-state index contributed by atoms with van der Waals surface area (Å²) in [6.45, 7) is 7.01. The number of halogens is 1. The van der Waals surface area contributed by atoms with Crippen LogP contribution in [0.1, 0.15) is 37.6 Å². The first-order valence-corrected chi connectivity index (χ1v) is 6.94. The van der Waals surface area contributed by atoms with Gasteiger partial charge in [-0.05, 0) is 32.0 Å². The minimum absolute atomic E-state index is 0.0561. The third kappa shape index (κ3) is 4.04. The van der Waals surface area contributed by atoms with Crippen molar-refractivity contribution >= 4 is 5.78 Å². The van der Waals surface area contributed by atoms with Crippen LogP contribution in [0.15, 0.2) is 18.2 Å². The molecule has 0 radical (unpaired) electrons. The van der Waals surface area contributed by atoms with Crippen molar-refractivity contribution in [2.75, 3.05) is 20.7 Å². The van der Waals surface area contributed by atoms with Crippen molar-refractivity contribution in [3.8, 4) is 5.75 Å². The minimum atomic E-state index is -0.520. The number of rotatable bonds is 7. The molecule has 1 aromatic rings. The van der Waals surface area contributed by atoms with E-state index < -0.39 is 5.82 Å². The molecule has 0 aliphatic carbocycles. The Kier molecular flexibility index (Phi) is 6.14. The van der Waals surface area contributed by atoms with E-state index in [4.69, 9.17) is 4.74 Å². The van der Waals surface area contributed by atoms with Crippen LogP contribution in [0.4, 0.5) is 4.39 Å². The lowest BCUT2D eigenvalue weighted by molar-refractivity contribution is 0.0948. The molecule has 0 fully saturated rings. The maximum atomic E-state index is 13.8. The standard InChI is InChI=1S/C16H24FNO2/c1-11(2)12(3)18(4)10-9-14(19)16-13(17)7-6-8-15(16)20-5/h6-8,11-12H,9-10H2,1-5H3. The Bertz CT molecular complexity index is 460. The van der Waals surface area contributed by atoms with Crippen molar-refractivity contribution in [3.63, 3.8) is 0 Å². The van der Waals surface area contributed by atoms with Gasteiger partial charge in [0.15, 0.2) is 5.78 Å². The van der Waals surface area contributed by atoms with Crippen LogP contribution in [-0.2, 0) is 0 Å². The summed E-state index contributed by atoms with van der Waals surface area (Å²) in [7, 11) is 3.43. The van der Waals surface area contributed by atoms with Crippen molar-refractivity contribution in [2.24, 2.45) is 5.92 Å². The molecule has 0 N–H and O–H groups in total. The van der Waals surface area contributed by atoms with E-state index in [2.05, 4.69) is 25.7 Å². The summed E-state index contributed by atoms with van der Waals surface area (Å²) in [4.78, 5) is 14.3. The average Bonchev–Trinajstić information content (AvgIpc) is 2.42. The number of hydrogen-bond acceptors (Lipinski definition) is 3. The molecule has 0 saturated heterocycles. The van der Waals surface area contributed by atoms with Gasteiger partial charge in [0.25, 0.3) is 0 Å². The topological polar surface area (TPSA) is 29.5 Å². The number of ether oxygens (including phenoxy) is 1. The van der Waals surface area contributed by atoms with Gasteiger partial charge in [0.05, 0.1) is 12.7 Å². The molecular formula is C16H24FNO2. The van der Waals surface area contributed by atoms with Gasteiger partial charge in [0.1, 0.15) is 11.6 Å². The number of carbonyl (C=O) groups is 1. The fraction of sp³-hybridized carbons (Fsp3) is 0.562. The lowest BCUT2D eigenvalue weighted by Gasteiger charge is -2.27.